The zero-order valence-corrected chi connectivity index (χ0v) is 15.2. The highest BCUT2D eigenvalue weighted by atomic mass is 79.9. The quantitative estimate of drug-likeness (QED) is 0.831. The second-order valence-electron chi connectivity index (χ2n) is 5.52. The summed E-state index contributed by atoms with van der Waals surface area (Å²) in [6.45, 7) is 6.49. The first-order valence-electron chi connectivity index (χ1n) is 6.92. The largest absolute Gasteiger partial charge is 0.352 e. The molecule has 0 saturated heterocycles. The first-order valence-corrected chi connectivity index (χ1v) is 9.32. The van der Waals surface area contributed by atoms with E-state index in [2.05, 4.69) is 21.2 Å². The van der Waals surface area contributed by atoms with Crippen molar-refractivity contribution in [1.29, 1.82) is 0 Å². The molecule has 0 heterocycles. The van der Waals surface area contributed by atoms with Crippen LogP contribution in [0.1, 0.15) is 33.3 Å². The molecule has 0 saturated carbocycles. The van der Waals surface area contributed by atoms with E-state index < -0.39 is 26.2 Å². The summed E-state index contributed by atoms with van der Waals surface area (Å²) in [7, 11) is -3.42. The smallest absolute Gasteiger partial charge is 0.238 e. The Balaban J connectivity index is 2.64. The summed E-state index contributed by atoms with van der Waals surface area (Å²) in [6, 6.07) is 7.71. The maximum atomic E-state index is 12.1. The van der Waals surface area contributed by atoms with Crippen LogP contribution >= 0.6 is 15.9 Å². The molecule has 0 unspecified atom stereocenters. The van der Waals surface area contributed by atoms with Crippen LogP contribution < -0.4 is 5.32 Å². The van der Waals surface area contributed by atoms with Gasteiger partial charge in [-0.1, -0.05) is 28.1 Å². The average Bonchev–Trinajstić information content (AvgIpc) is 2.40. The first-order chi connectivity index (χ1) is 9.64. The highest BCUT2D eigenvalue weighted by molar-refractivity contribution is 9.10. The molecule has 6 heteroatoms. The Labute approximate surface area is 135 Å². The lowest BCUT2D eigenvalue weighted by atomic mass is 10.1. The van der Waals surface area contributed by atoms with E-state index >= 15 is 0 Å². The molecule has 1 aromatic rings. The summed E-state index contributed by atoms with van der Waals surface area (Å²) in [4.78, 5) is 12.1. The molecule has 0 aliphatic rings. The summed E-state index contributed by atoms with van der Waals surface area (Å²) in [5.74, 6) is -0.437. The molecule has 0 bridgehead atoms. The molecule has 1 rings (SSSR count). The van der Waals surface area contributed by atoms with Gasteiger partial charge in [-0.05, 0) is 51.8 Å². The second-order valence-corrected chi connectivity index (χ2v) is 9.26. The Hall–Kier alpha value is -0.880. The van der Waals surface area contributed by atoms with Gasteiger partial charge in [0.05, 0.1) is 5.25 Å². The highest BCUT2D eigenvalue weighted by Gasteiger charge is 2.31. The van der Waals surface area contributed by atoms with Gasteiger partial charge in [0.25, 0.3) is 0 Å². The van der Waals surface area contributed by atoms with Crippen LogP contribution in [-0.4, -0.2) is 30.9 Å². The maximum Gasteiger partial charge on any atom is 0.238 e. The van der Waals surface area contributed by atoms with E-state index in [-0.39, 0.29) is 6.04 Å². The standard InChI is InChI=1S/C15H22BrNO3S/c1-10(2)21(19,20)12(4)15(18)17-11(3)9-13-5-7-14(16)8-6-13/h5-8,10-12H,9H2,1-4H3,(H,17,18)/t11-,12+/m1/s1. The maximum absolute atomic E-state index is 12.1. The predicted octanol–water partition coefficient (Wildman–Crippen LogP) is 2.71. The molecule has 1 N–H and O–H groups in total. The number of hydrogen-bond acceptors (Lipinski definition) is 3. The Morgan fingerprint density at radius 2 is 1.67 bits per heavy atom. The van der Waals surface area contributed by atoms with E-state index in [4.69, 9.17) is 0 Å². The van der Waals surface area contributed by atoms with Gasteiger partial charge in [-0.2, -0.15) is 0 Å². The summed E-state index contributed by atoms with van der Waals surface area (Å²) in [6.07, 6.45) is 0.660. The number of hydrogen-bond donors (Lipinski definition) is 1. The molecule has 0 aliphatic carbocycles. The number of sulfone groups is 1. The molecule has 0 radical (unpaired) electrons. The molecule has 0 spiro atoms. The molecule has 0 fully saturated rings. The van der Waals surface area contributed by atoms with Gasteiger partial charge in [0.1, 0.15) is 5.25 Å². The summed E-state index contributed by atoms with van der Waals surface area (Å²) < 4.78 is 25.0. The molecule has 0 aliphatic heterocycles. The molecule has 1 aromatic carbocycles. The molecule has 4 nitrogen and oxygen atoms in total. The third kappa shape index (κ3) is 5.11. The van der Waals surface area contributed by atoms with Crippen molar-refractivity contribution < 1.29 is 13.2 Å². The number of rotatable bonds is 6. The van der Waals surface area contributed by atoms with Gasteiger partial charge in [0, 0.05) is 10.5 Å². The van der Waals surface area contributed by atoms with Crippen molar-refractivity contribution in [2.24, 2.45) is 0 Å². The Bertz CT molecular complexity index is 581. The summed E-state index contributed by atoms with van der Waals surface area (Å²) >= 11 is 3.37. The number of nitrogens with one attached hydrogen (secondary N) is 1. The van der Waals surface area contributed by atoms with Crippen molar-refractivity contribution in [2.75, 3.05) is 0 Å². The van der Waals surface area contributed by atoms with Crippen molar-refractivity contribution in [3.63, 3.8) is 0 Å². The fourth-order valence-electron chi connectivity index (χ4n) is 1.94. The van der Waals surface area contributed by atoms with Gasteiger partial charge in [-0.3, -0.25) is 4.79 Å². The molecule has 21 heavy (non-hydrogen) atoms. The van der Waals surface area contributed by atoms with E-state index in [1.54, 1.807) is 13.8 Å². The van der Waals surface area contributed by atoms with Crippen molar-refractivity contribution in [3.8, 4) is 0 Å². The van der Waals surface area contributed by atoms with E-state index in [0.29, 0.717) is 6.42 Å². The van der Waals surface area contributed by atoms with Gasteiger partial charge < -0.3 is 5.32 Å². The van der Waals surface area contributed by atoms with Crippen molar-refractivity contribution in [3.05, 3.63) is 34.3 Å². The molecular formula is C15H22BrNO3S. The molecular weight excluding hydrogens is 354 g/mol. The number of carbonyl (C=O) groups excluding carboxylic acids is 1. The zero-order valence-electron chi connectivity index (χ0n) is 12.8. The average molecular weight is 376 g/mol. The number of amides is 1. The highest BCUT2D eigenvalue weighted by Crippen LogP contribution is 2.13. The van der Waals surface area contributed by atoms with Crippen LogP contribution in [0.5, 0.6) is 0 Å². The Kier molecular flexibility index (Phi) is 6.41. The van der Waals surface area contributed by atoms with Crippen LogP contribution in [0.25, 0.3) is 0 Å². The monoisotopic (exact) mass is 375 g/mol. The number of benzene rings is 1. The number of carbonyl (C=O) groups is 1. The lowest BCUT2D eigenvalue weighted by Crippen LogP contribution is -2.44. The molecule has 118 valence electrons. The van der Waals surface area contributed by atoms with E-state index in [9.17, 15) is 13.2 Å². The van der Waals surface area contributed by atoms with Crippen LogP contribution in [0.15, 0.2) is 28.7 Å². The third-order valence-corrected chi connectivity index (χ3v) is 6.41. The topological polar surface area (TPSA) is 63.2 Å². The van der Waals surface area contributed by atoms with Gasteiger partial charge >= 0.3 is 0 Å². The molecule has 1 amide bonds. The van der Waals surface area contributed by atoms with Gasteiger partial charge in [-0.25, -0.2) is 8.42 Å². The lowest BCUT2D eigenvalue weighted by Gasteiger charge is -2.19. The van der Waals surface area contributed by atoms with E-state index in [1.807, 2.05) is 31.2 Å². The fourth-order valence-corrected chi connectivity index (χ4v) is 3.39. The minimum absolute atomic E-state index is 0.122. The van der Waals surface area contributed by atoms with Gasteiger partial charge in [0.15, 0.2) is 9.84 Å². The summed E-state index contributed by atoms with van der Waals surface area (Å²) in [5, 5.41) is 1.20. The minimum Gasteiger partial charge on any atom is -0.352 e. The predicted molar refractivity (Wildman–Crippen MR) is 89.0 cm³/mol. The third-order valence-electron chi connectivity index (χ3n) is 3.36. The minimum atomic E-state index is -3.42. The Morgan fingerprint density at radius 3 is 2.14 bits per heavy atom. The van der Waals surface area contributed by atoms with Crippen molar-refractivity contribution in [1.82, 2.24) is 5.32 Å². The lowest BCUT2D eigenvalue weighted by molar-refractivity contribution is -0.121. The van der Waals surface area contributed by atoms with Crippen LogP contribution in [0.2, 0.25) is 0 Å². The van der Waals surface area contributed by atoms with Crippen LogP contribution in [0.3, 0.4) is 0 Å². The Morgan fingerprint density at radius 1 is 1.14 bits per heavy atom. The van der Waals surface area contributed by atoms with Crippen LogP contribution in [0.4, 0.5) is 0 Å². The second kappa shape index (κ2) is 7.40. The molecule has 0 aromatic heterocycles. The van der Waals surface area contributed by atoms with Crippen LogP contribution in [-0.2, 0) is 21.1 Å². The summed E-state index contributed by atoms with van der Waals surface area (Å²) in [5.41, 5.74) is 1.09. The van der Waals surface area contributed by atoms with Gasteiger partial charge in [0.2, 0.25) is 5.91 Å². The SMILES string of the molecule is CC(C)S(=O)(=O)[C@@H](C)C(=O)N[C@H](C)Cc1ccc(Br)cc1. The number of halogens is 1. The normalized spacial score (nSPS) is 14.8. The van der Waals surface area contributed by atoms with Crippen LogP contribution in [0, 0.1) is 0 Å². The first kappa shape index (κ1) is 18.2. The fraction of sp³-hybridized carbons (Fsp3) is 0.533. The van der Waals surface area contributed by atoms with Crippen molar-refractivity contribution in [2.45, 2.75) is 50.7 Å². The van der Waals surface area contributed by atoms with E-state index in [0.717, 1.165) is 10.0 Å². The van der Waals surface area contributed by atoms with Gasteiger partial charge in [-0.15, -0.1) is 0 Å². The molecule has 2 atom stereocenters. The van der Waals surface area contributed by atoms with Crippen molar-refractivity contribution >= 4 is 31.7 Å². The van der Waals surface area contributed by atoms with E-state index in [1.165, 1.54) is 6.92 Å². The zero-order chi connectivity index (χ0) is 16.2.